The number of nitrogens with zero attached hydrogens (tertiary/aromatic N) is 1. The molecule has 1 aromatic carbocycles. The summed E-state index contributed by atoms with van der Waals surface area (Å²) in [7, 11) is 1.32. The molecule has 0 fully saturated rings. The highest BCUT2D eigenvalue weighted by atomic mass is 32.1. The van der Waals surface area contributed by atoms with Crippen LogP contribution >= 0.6 is 11.3 Å². The quantitative estimate of drug-likeness (QED) is 0.857. The predicted molar refractivity (Wildman–Crippen MR) is 79.1 cm³/mol. The number of rotatable bonds is 5. The lowest BCUT2D eigenvalue weighted by Gasteiger charge is -2.05. The van der Waals surface area contributed by atoms with Crippen LogP contribution in [0.5, 0.6) is 5.75 Å². The first-order chi connectivity index (χ1) is 9.65. The first-order valence-electron chi connectivity index (χ1n) is 6.23. The zero-order valence-corrected chi connectivity index (χ0v) is 12.2. The number of carbonyl (C=O) groups is 1. The molecule has 2 rings (SSSR count). The minimum Gasteiger partial charge on any atom is -0.494 e. The largest absolute Gasteiger partial charge is 0.494 e. The molecular weight excluding hydrogens is 276 g/mol. The van der Waals surface area contributed by atoms with E-state index in [1.54, 1.807) is 0 Å². The van der Waals surface area contributed by atoms with Crippen LogP contribution in [0.15, 0.2) is 24.3 Å². The predicted octanol–water partition coefficient (Wildman–Crippen LogP) is 2.97. The van der Waals surface area contributed by atoms with Gasteiger partial charge in [0.1, 0.15) is 5.75 Å². The number of benzene rings is 1. The Kier molecular flexibility index (Phi) is 4.57. The average Bonchev–Trinajstić information content (AvgIpc) is 2.87. The van der Waals surface area contributed by atoms with Gasteiger partial charge in [-0.25, -0.2) is 9.78 Å². The normalized spacial score (nSPS) is 10.3. The molecule has 5 nitrogen and oxygen atoms in total. The van der Waals surface area contributed by atoms with Crippen molar-refractivity contribution in [1.29, 1.82) is 0 Å². The maximum atomic E-state index is 11.7. The zero-order chi connectivity index (χ0) is 14.5. The van der Waals surface area contributed by atoms with Crippen molar-refractivity contribution in [2.75, 3.05) is 19.5 Å². The second-order valence-corrected chi connectivity index (χ2v) is 5.12. The fourth-order valence-corrected chi connectivity index (χ4v) is 2.52. The van der Waals surface area contributed by atoms with Gasteiger partial charge < -0.3 is 15.2 Å². The Bertz CT molecular complexity index is 593. The number of esters is 1. The lowest BCUT2D eigenvalue weighted by molar-refractivity contribution is 0.0596. The molecule has 0 aliphatic carbocycles. The van der Waals surface area contributed by atoms with Gasteiger partial charge in [0.05, 0.1) is 18.6 Å². The van der Waals surface area contributed by atoms with Crippen LogP contribution in [0.2, 0.25) is 0 Å². The molecule has 2 N–H and O–H groups in total. The Morgan fingerprint density at radius 3 is 2.65 bits per heavy atom. The summed E-state index contributed by atoms with van der Waals surface area (Å²) in [6.45, 7) is 2.73. The summed E-state index contributed by atoms with van der Waals surface area (Å²) < 4.78 is 10.2. The molecule has 0 aliphatic heterocycles. The van der Waals surface area contributed by atoms with Crippen molar-refractivity contribution in [1.82, 2.24) is 4.98 Å². The van der Waals surface area contributed by atoms with E-state index in [4.69, 9.17) is 15.2 Å². The number of methoxy groups -OCH3 is 1. The topological polar surface area (TPSA) is 74.4 Å². The molecule has 0 spiro atoms. The summed E-state index contributed by atoms with van der Waals surface area (Å²) in [6, 6.07) is 7.48. The second kappa shape index (κ2) is 6.38. The zero-order valence-electron chi connectivity index (χ0n) is 11.4. The molecule has 20 heavy (non-hydrogen) atoms. The monoisotopic (exact) mass is 292 g/mol. The van der Waals surface area contributed by atoms with Crippen molar-refractivity contribution in [3.63, 3.8) is 0 Å². The molecule has 0 atom stereocenters. The molecule has 0 amide bonds. The van der Waals surface area contributed by atoms with Crippen molar-refractivity contribution < 1.29 is 14.3 Å². The summed E-state index contributed by atoms with van der Waals surface area (Å²) >= 11 is 1.26. The van der Waals surface area contributed by atoms with E-state index < -0.39 is 5.97 Å². The number of hydrogen-bond donors (Lipinski definition) is 1. The molecule has 0 aliphatic rings. The molecule has 0 saturated heterocycles. The first kappa shape index (κ1) is 14.3. The lowest BCUT2D eigenvalue weighted by Crippen LogP contribution is -2.03. The minimum atomic E-state index is -0.487. The second-order valence-electron chi connectivity index (χ2n) is 4.09. The van der Waals surface area contributed by atoms with E-state index in [0.29, 0.717) is 16.6 Å². The van der Waals surface area contributed by atoms with Crippen molar-refractivity contribution in [2.24, 2.45) is 0 Å². The summed E-state index contributed by atoms with van der Waals surface area (Å²) in [6.07, 6.45) is 0.958. The van der Waals surface area contributed by atoms with Crippen LogP contribution in [0.3, 0.4) is 0 Å². The van der Waals surface area contributed by atoms with Crippen LogP contribution in [0.4, 0.5) is 5.13 Å². The Morgan fingerprint density at radius 2 is 2.05 bits per heavy atom. The van der Waals surface area contributed by atoms with Crippen molar-refractivity contribution in [3.05, 3.63) is 30.0 Å². The first-order valence-corrected chi connectivity index (χ1v) is 7.05. The highest BCUT2D eigenvalue weighted by Crippen LogP contribution is 2.33. The molecule has 0 saturated carbocycles. The van der Waals surface area contributed by atoms with Crippen molar-refractivity contribution in [3.8, 4) is 16.2 Å². The van der Waals surface area contributed by atoms with Gasteiger partial charge in [0, 0.05) is 0 Å². The molecule has 2 aromatic rings. The van der Waals surface area contributed by atoms with Gasteiger partial charge in [0.15, 0.2) is 10.8 Å². The third-order valence-corrected chi connectivity index (χ3v) is 3.55. The third-order valence-electron chi connectivity index (χ3n) is 2.61. The smallest absolute Gasteiger partial charge is 0.358 e. The van der Waals surface area contributed by atoms with E-state index in [1.807, 2.05) is 24.3 Å². The maximum Gasteiger partial charge on any atom is 0.358 e. The van der Waals surface area contributed by atoms with Gasteiger partial charge in [-0.1, -0.05) is 18.3 Å². The number of thiazole rings is 1. The van der Waals surface area contributed by atoms with E-state index in [0.717, 1.165) is 17.7 Å². The highest BCUT2D eigenvalue weighted by molar-refractivity contribution is 7.19. The molecule has 0 unspecified atom stereocenters. The molecule has 0 bridgehead atoms. The lowest BCUT2D eigenvalue weighted by atomic mass is 10.1. The third kappa shape index (κ3) is 3.08. The highest BCUT2D eigenvalue weighted by Gasteiger charge is 2.19. The molecular formula is C14H16N2O3S. The summed E-state index contributed by atoms with van der Waals surface area (Å²) in [5.74, 6) is 0.312. The Morgan fingerprint density at radius 1 is 1.35 bits per heavy atom. The molecule has 106 valence electrons. The van der Waals surface area contributed by atoms with Gasteiger partial charge >= 0.3 is 5.97 Å². The van der Waals surface area contributed by atoms with Crippen molar-refractivity contribution in [2.45, 2.75) is 13.3 Å². The maximum absolute atomic E-state index is 11.7. The minimum absolute atomic E-state index is 0.247. The van der Waals surface area contributed by atoms with Crippen LogP contribution in [0.1, 0.15) is 23.8 Å². The van der Waals surface area contributed by atoms with Crippen LogP contribution in [0, 0.1) is 0 Å². The van der Waals surface area contributed by atoms with Crippen LogP contribution in [0.25, 0.3) is 10.4 Å². The van der Waals surface area contributed by atoms with Crippen LogP contribution < -0.4 is 10.5 Å². The summed E-state index contributed by atoms with van der Waals surface area (Å²) in [5.41, 5.74) is 6.79. The average molecular weight is 292 g/mol. The Labute approximate surface area is 121 Å². The number of anilines is 1. The molecule has 1 aromatic heterocycles. The van der Waals surface area contributed by atoms with Gasteiger partial charge in [0.25, 0.3) is 0 Å². The summed E-state index contributed by atoms with van der Waals surface area (Å²) in [5, 5.41) is 0.340. The number of aromatic nitrogens is 1. The summed E-state index contributed by atoms with van der Waals surface area (Å²) in [4.78, 5) is 16.4. The van der Waals surface area contributed by atoms with Crippen LogP contribution in [-0.4, -0.2) is 24.7 Å². The van der Waals surface area contributed by atoms with Crippen LogP contribution in [-0.2, 0) is 4.74 Å². The standard InChI is InChI=1S/C14H16N2O3S/c1-3-8-19-10-6-4-9(5-7-10)12-11(13(17)18-2)16-14(15)20-12/h4-7H,3,8H2,1-2H3,(H2,15,16). The molecule has 1 heterocycles. The van der Waals surface area contributed by atoms with E-state index in [-0.39, 0.29) is 5.69 Å². The molecule has 6 heteroatoms. The SMILES string of the molecule is CCCOc1ccc(-c2sc(N)nc2C(=O)OC)cc1. The number of hydrogen-bond acceptors (Lipinski definition) is 6. The molecule has 0 radical (unpaired) electrons. The number of nitrogen functional groups attached to an aromatic ring is 1. The number of ether oxygens (including phenoxy) is 2. The van der Waals surface area contributed by atoms with Gasteiger partial charge in [0.2, 0.25) is 0 Å². The Balaban J connectivity index is 2.29. The van der Waals surface area contributed by atoms with E-state index in [1.165, 1.54) is 18.4 Å². The van der Waals surface area contributed by atoms with E-state index >= 15 is 0 Å². The fourth-order valence-electron chi connectivity index (χ4n) is 1.69. The van der Waals surface area contributed by atoms with Gasteiger partial charge in [-0.15, -0.1) is 0 Å². The van der Waals surface area contributed by atoms with Crippen molar-refractivity contribution >= 4 is 22.4 Å². The number of carbonyl (C=O) groups excluding carboxylic acids is 1. The van der Waals surface area contributed by atoms with Gasteiger partial charge in [-0.05, 0) is 36.2 Å². The fraction of sp³-hybridized carbons (Fsp3) is 0.286. The number of nitrogens with two attached hydrogens (primary N) is 1. The van der Waals surface area contributed by atoms with Gasteiger partial charge in [-0.2, -0.15) is 0 Å². The van der Waals surface area contributed by atoms with E-state index in [2.05, 4.69) is 11.9 Å². The van der Waals surface area contributed by atoms with Gasteiger partial charge in [-0.3, -0.25) is 0 Å². The van der Waals surface area contributed by atoms with E-state index in [9.17, 15) is 4.79 Å². The Hall–Kier alpha value is -2.08.